The maximum Gasteiger partial charge on any atom is 0.152 e. The van der Waals surface area contributed by atoms with Gasteiger partial charge in [-0.3, -0.25) is 0 Å². The number of nitrogen functional groups attached to an aromatic ring is 1. The van der Waals surface area contributed by atoms with E-state index < -0.39 is 0 Å². The molecule has 0 bridgehead atoms. The molecule has 0 aliphatic heterocycles. The monoisotopic (exact) mass is 286 g/mol. The Hall–Kier alpha value is -1.75. The Morgan fingerprint density at radius 2 is 2.10 bits per heavy atom. The number of aromatic nitrogens is 3. The third-order valence-corrected chi connectivity index (χ3v) is 4.17. The Kier molecular flexibility index (Phi) is 3.78. The number of imidazole rings is 1. The van der Waals surface area contributed by atoms with Crippen molar-refractivity contribution in [2.75, 3.05) is 17.7 Å². The number of nitrogens with two attached hydrogens (primary N) is 1. The molecule has 3 rings (SSSR count). The van der Waals surface area contributed by atoms with Gasteiger partial charge in [0.05, 0.1) is 17.4 Å². The largest absolute Gasteiger partial charge is 0.382 e. The van der Waals surface area contributed by atoms with Crippen LogP contribution in [0.4, 0.5) is 5.82 Å². The molecule has 0 aliphatic carbocycles. The molecule has 104 valence electrons. The molecule has 0 spiro atoms. The highest BCUT2D eigenvalue weighted by atomic mass is 32.2. The first-order chi connectivity index (χ1) is 9.81. The van der Waals surface area contributed by atoms with E-state index in [1.165, 1.54) is 12.2 Å². The zero-order chi connectivity index (χ0) is 13.9. The quantitative estimate of drug-likeness (QED) is 0.731. The van der Waals surface area contributed by atoms with Gasteiger partial charge in [-0.2, -0.15) is 11.8 Å². The Labute approximate surface area is 122 Å². The lowest BCUT2D eigenvalue weighted by Crippen LogP contribution is -1.99. The summed E-state index contributed by atoms with van der Waals surface area (Å²) in [5.41, 5.74) is 8.88. The molecule has 0 aliphatic rings. The van der Waals surface area contributed by atoms with Crippen molar-refractivity contribution >= 4 is 39.5 Å². The standard InChI is InChI=1S/C15H18N4S/c1-20-9-5-4-8-19-10-17-13-14(19)11-6-2-3-7-12(11)18-15(13)16/h2-3,6-7,10H,4-5,8-9H2,1H3,(H2,16,18). The molecule has 0 saturated heterocycles. The first-order valence-corrected chi connectivity index (χ1v) is 8.18. The van der Waals surface area contributed by atoms with Crippen LogP contribution in [-0.4, -0.2) is 26.5 Å². The van der Waals surface area contributed by atoms with E-state index >= 15 is 0 Å². The van der Waals surface area contributed by atoms with Gasteiger partial charge >= 0.3 is 0 Å². The van der Waals surface area contributed by atoms with E-state index in [1.54, 1.807) is 0 Å². The molecule has 5 heteroatoms. The highest BCUT2D eigenvalue weighted by Crippen LogP contribution is 2.27. The average molecular weight is 286 g/mol. The molecule has 4 nitrogen and oxygen atoms in total. The number of fused-ring (bicyclic) bond motifs is 3. The lowest BCUT2D eigenvalue weighted by Gasteiger charge is -2.07. The first-order valence-electron chi connectivity index (χ1n) is 6.79. The summed E-state index contributed by atoms with van der Waals surface area (Å²) in [6, 6.07) is 8.10. The molecular formula is C15H18N4S. The first kappa shape index (κ1) is 13.2. The van der Waals surface area contributed by atoms with Crippen molar-refractivity contribution in [1.29, 1.82) is 0 Å². The molecule has 2 aromatic heterocycles. The second kappa shape index (κ2) is 5.71. The van der Waals surface area contributed by atoms with E-state index in [-0.39, 0.29) is 0 Å². The van der Waals surface area contributed by atoms with Crippen molar-refractivity contribution in [1.82, 2.24) is 14.5 Å². The minimum absolute atomic E-state index is 0.515. The highest BCUT2D eigenvalue weighted by molar-refractivity contribution is 7.98. The molecule has 20 heavy (non-hydrogen) atoms. The number of anilines is 1. The second-order valence-electron chi connectivity index (χ2n) is 4.85. The summed E-state index contributed by atoms with van der Waals surface area (Å²) in [5, 5.41) is 1.12. The third kappa shape index (κ3) is 2.33. The predicted molar refractivity (Wildman–Crippen MR) is 87.1 cm³/mol. The van der Waals surface area contributed by atoms with Gasteiger partial charge in [-0.15, -0.1) is 0 Å². The fourth-order valence-electron chi connectivity index (χ4n) is 2.50. The number of para-hydroxylation sites is 1. The van der Waals surface area contributed by atoms with Crippen LogP contribution in [0.15, 0.2) is 30.6 Å². The number of thioether (sulfide) groups is 1. The van der Waals surface area contributed by atoms with Gasteiger partial charge in [0.15, 0.2) is 5.82 Å². The maximum absolute atomic E-state index is 6.02. The van der Waals surface area contributed by atoms with Crippen LogP contribution in [0.5, 0.6) is 0 Å². The molecule has 0 saturated carbocycles. The Bertz CT molecular complexity index is 735. The van der Waals surface area contributed by atoms with Crippen LogP contribution in [0.25, 0.3) is 21.9 Å². The van der Waals surface area contributed by atoms with Gasteiger partial charge in [0, 0.05) is 11.9 Å². The van der Waals surface area contributed by atoms with Gasteiger partial charge in [0.1, 0.15) is 5.52 Å². The van der Waals surface area contributed by atoms with Crippen molar-refractivity contribution in [2.45, 2.75) is 19.4 Å². The van der Waals surface area contributed by atoms with Crippen molar-refractivity contribution in [2.24, 2.45) is 0 Å². The second-order valence-corrected chi connectivity index (χ2v) is 5.83. The molecule has 0 atom stereocenters. The van der Waals surface area contributed by atoms with E-state index in [4.69, 9.17) is 5.73 Å². The molecule has 3 aromatic rings. The van der Waals surface area contributed by atoms with E-state index in [1.807, 2.05) is 36.3 Å². The smallest absolute Gasteiger partial charge is 0.152 e. The van der Waals surface area contributed by atoms with Gasteiger partial charge < -0.3 is 10.3 Å². The summed E-state index contributed by atoms with van der Waals surface area (Å²) in [6.07, 6.45) is 6.41. The van der Waals surface area contributed by atoms with Crippen LogP contribution in [0, 0.1) is 0 Å². The predicted octanol–water partition coefficient (Wildman–Crippen LogP) is 3.31. The summed E-state index contributed by atoms with van der Waals surface area (Å²) in [5.74, 6) is 1.72. The van der Waals surface area contributed by atoms with Crippen molar-refractivity contribution < 1.29 is 0 Å². The number of nitrogens with zero attached hydrogens (tertiary/aromatic N) is 3. The number of aryl methyl sites for hydroxylation is 1. The van der Waals surface area contributed by atoms with E-state index in [0.29, 0.717) is 5.82 Å². The number of pyridine rings is 1. The lowest BCUT2D eigenvalue weighted by molar-refractivity contribution is 0.650. The third-order valence-electron chi connectivity index (χ3n) is 3.48. The van der Waals surface area contributed by atoms with Crippen LogP contribution in [-0.2, 0) is 6.54 Å². The van der Waals surface area contributed by atoms with E-state index in [9.17, 15) is 0 Å². The van der Waals surface area contributed by atoms with Gasteiger partial charge in [0.25, 0.3) is 0 Å². The molecule has 0 radical (unpaired) electrons. The molecule has 2 heterocycles. The summed E-state index contributed by atoms with van der Waals surface area (Å²) >= 11 is 1.89. The Morgan fingerprint density at radius 1 is 1.25 bits per heavy atom. The number of benzene rings is 1. The van der Waals surface area contributed by atoms with E-state index in [0.717, 1.165) is 34.9 Å². The number of rotatable bonds is 5. The topological polar surface area (TPSA) is 56.7 Å². The SMILES string of the molecule is CSCCCCn1cnc2c(N)nc3ccccc3c21. The molecule has 1 aromatic carbocycles. The summed E-state index contributed by atoms with van der Waals surface area (Å²) < 4.78 is 2.20. The van der Waals surface area contributed by atoms with Crippen LogP contribution >= 0.6 is 11.8 Å². The number of hydrogen-bond acceptors (Lipinski definition) is 4. The highest BCUT2D eigenvalue weighted by Gasteiger charge is 2.11. The van der Waals surface area contributed by atoms with Crippen molar-refractivity contribution in [3.8, 4) is 0 Å². The van der Waals surface area contributed by atoms with Gasteiger partial charge in [-0.1, -0.05) is 18.2 Å². The van der Waals surface area contributed by atoms with Gasteiger partial charge in [-0.25, -0.2) is 9.97 Å². The zero-order valence-electron chi connectivity index (χ0n) is 11.5. The van der Waals surface area contributed by atoms with Crippen LogP contribution in [0.1, 0.15) is 12.8 Å². The molecule has 0 amide bonds. The molecule has 0 fully saturated rings. The van der Waals surface area contributed by atoms with Crippen LogP contribution in [0.2, 0.25) is 0 Å². The minimum Gasteiger partial charge on any atom is -0.382 e. The van der Waals surface area contributed by atoms with Gasteiger partial charge in [0.2, 0.25) is 0 Å². The summed E-state index contributed by atoms with van der Waals surface area (Å²) in [7, 11) is 0. The minimum atomic E-state index is 0.515. The lowest BCUT2D eigenvalue weighted by atomic mass is 10.2. The fourth-order valence-corrected chi connectivity index (χ4v) is 3.00. The van der Waals surface area contributed by atoms with Gasteiger partial charge in [-0.05, 0) is 30.9 Å². The molecular weight excluding hydrogens is 268 g/mol. The van der Waals surface area contributed by atoms with Crippen molar-refractivity contribution in [3.63, 3.8) is 0 Å². The van der Waals surface area contributed by atoms with Crippen LogP contribution < -0.4 is 5.73 Å². The summed E-state index contributed by atoms with van der Waals surface area (Å²) in [4.78, 5) is 8.86. The average Bonchev–Trinajstić information content (AvgIpc) is 2.89. The zero-order valence-corrected chi connectivity index (χ0v) is 12.4. The van der Waals surface area contributed by atoms with E-state index in [2.05, 4.69) is 26.9 Å². The number of unbranched alkanes of at least 4 members (excludes halogenated alkanes) is 1. The maximum atomic E-state index is 6.02. The molecule has 0 unspecified atom stereocenters. The summed E-state index contributed by atoms with van der Waals surface area (Å²) in [6.45, 7) is 0.977. The number of hydrogen-bond donors (Lipinski definition) is 1. The fraction of sp³-hybridized carbons (Fsp3) is 0.333. The van der Waals surface area contributed by atoms with Crippen molar-refractivity contribution in [3.05, 3.63) is 30.6 Å². The normalized spacial score (nSPS) is 11.4. The Morgan fingerprint density at radius 3 is 2.95 bits per heavy atom. The Balaban J connectivity index is 2.05. The molecule has 2 N–H and O–H groups in total. The van der Waals surface area contributed by atoms with Crippen LogP contribution in [0.3, 0.4) is 0 Å².